The van der Waals surface area contributed by atoms with E-state index in [0.717, 1.165) is 180 Å². The molecule has 22 nitrogen and oxygen atoms in total. The van der Waals surface area contributed by atoms with Crippen LogP contribution in [-0.4, -0.2) is 153 Å². The number of carbonyl (C=O) groups is 6. The molecule has 0 aromatic carbocycles. The fourth-order valence-corrected chi connectivity index (χ4v) is 17.5. The van der Waals surface area contributed by atoms with Crippen molar-refractivity contribution in [2.45, 2.75) is 571 Å². The topological polar surface area (TPSA) is 319 Å². The van der Waals surface area contributed by atoms with Gasteiger partial charge in [0.1, 0.15) is 54.9 Å². The number of nitrogens with one attached hydrogen (secondary N) is 2. The van der Waals surface area contributed by atoms with Gasteiger partial charge in [-0.1, -0.05) is 388 Å². The average molecular weight is 1730 g/mol. The molecule has 2 heterocycles. The van der Waals surface area contributed by atoms with Crippen molar-refractivity contribution in [2.75, 3.05) is 13.2 Å². The Morgan fingerprint density at radius 3 is 0.908 bits per heavy atom. The van der Waals surface area contributed by atoms with Gasteiger partial charge in [0.15, 0.2) is 12.4 Å². The molecule has 2 aliphatic heterocycles. The lowest BCUT2D eigenvalue weighted by molar-refractivity contribution is -0.285. The number of hydrogen-bond donors (Lipinski definition) is 7. The molecule has 706 valence electrons. The van der Waals surface area contributed by atoms with E-state index < -0.39 is 143 Å². The predicted molar refractivity (Wildman–Crippen MR) is 481 cm³/mol. The van der Waals surface area contributed by atoms with Gasteiger partial charge >= 0.3 is 31.7 Å². The number of phosphoric acid groups is 1. The second-order valence-corrected chi connectivity index (χ2v) is 37.0. The number of aliphatic hydroxyl groups is 3. The zero-order valence-corrected chi connectivity index (χ0v) is 78.4. The molecule has 7 N–H and O–H groups in total. The van der Waals surface area contributed by atoms with Crippen LogP contribution in [0.5, 0.6) is 0 Å². The van der Waals surface area contributed by atoms with Crippen LogP contribution < -0.4 is 10.6 Å². The van der Waals surface area contributed by atoms with Gasteiger partial charge in [0.05, 0.1) is 44.6 Å². The maximum atomic E-state index is 15.0. The maximum absolute atomic E-state index is 15.0. The van der Waals surface area contributed by atoms with Gasteiger partial charge in [-0.2, -0.15) is 0 Å². The molecule has 2 aliphatic rings. The molecule has 13 atom stereocenters. The fourth-order valence-electron chi connectivity index (χ4n) is 16.9. The smallest absolute Gasteiger partial charge is 0.462 e. The minimum atomic E-state index is -5.55. The standard InChI is InChI=1S/C97H183N2O20P/c1-8-14-20-26-32-38-40-41-43-49-55-60-66-71-87(103)114-80(68-62-56-50-44-34-28-22-16-10-3)74-85(101)98-91-79(7)113-84(93(107)94(91)108)78-112-97-92(99-86(102)75-81(69-63-57-51-45-35-29-23-17-11-4)115-88(104)72-65-59-53-47-37-31-25-19-13-6)96(95(83(77-100)117-97)119-120(109,110)111)118-90(106)76-82(70-64-58-52-46-36-30-24-18-12-5)116-89(105)73-67-61-54-48-42-39-33-27-21-15-9-2/h79-84,91-97,100,107-108H,8-78H2,1-7H3,(H,98,101)(H,99,102)(H2,109,110,111)/t79?,80-,81-,82-,83?,84?,91?,92?,93?,94?,95?,96?,97?/m1/s1. The molecular formula is C97H183N2O20P. The lowest BCUT2D eigenvalue weighted by Gasteiger charge is -2.46. The van der Waals surface area contributed by atoms with Crippen LogP contribution in [0.15, 0.2) is 0 Å². The van der Waals surface area contributed by atoms with Crippen molar-refractivity contribution in [1.82, 2.24) is 10.6 Å². The summed E-state index contributed by atoms with van der Waals surface area (Å²) in [5, 5.41) is 40.8. The first-order valence-electron chi connectivity index (χ1n) is 50.2. The van der Waals surface area contributed by atoms with Crippen molar-refractivity contribution in [3.05, 3.63) is 0 Å². The van der Waals surface area contributed by atoms with Crippen molar-refractivity contribution in [3.63, 3.8) is 0 Å². The molecule has 0 aromatic rings. The molecule has 0 saturated carbocycles. The molecule has 0 bridgehead atoms. The van der Waals surface area contributed by atoms with E-state index >= 15 is 4.79 Å². The predicted octanol–water partition coefficient (Wildman–Crippen LogP) is 23.4. The van der Waals surface area contributed by atoms with Crippen molar-refractivity contribution < 1.29 is 96.1 Å². The van der Waals surface area contributed by atoms with Crippen LogP contribution >= 0.6 is 7.82 Å². The van der Waals surface area contributed by atoms with Gasteiger partial charge < -0.3 is 68.9 Å². The van der Waals surface area contributed by atoms with Gasteiger partial charge in [0, 0.05) is 19.3 Å². The summed E-state index contributed by atoms with van der Waals surface area (Å²) in [7, 11) is -5.55. The third kappa shape index (κ3) is 60.4. The molecule has 120 heavy (non-hydrogen) atoms. The minimum absolute atomic E-state index is 0.140. The van der Waals surface area contributed by atoms with Gasteiger partial charge in [-0.15, -0.1) is 0 Å². The third-order valence-electron chi connectivity index (χ3n) is 24.4. The zero-order chi connectivity index (χ0) is 87.7. The first kappa shape index (κ1) is 113. The van der Waals surface area contributed by atoms with E-state index in [-0.39, 0.29) is 31.7 Å². The summed E-state index contributed by atoms with van der Waals surface area (Å²) in [4.78, 5) is 106. The molecule has 2 rings (SSSR count). The van der Waals surface area contributed by atoms with Crippen molar-refractivity contribution >= 4 is 43.5 Å². The lowest BCUT2D eigenvalue weighted by atomic mass is 9.93. The number of amides is 2. The summed E-state index contributed by atoms with van der Waals surface area (Å²) >= 11 is 0. The van der Waals surface area contributed by atoms with E-state index in [1.807, 2.05) is 0 Å². The van der Waals surface area contributed by atoms with Gasteiger partial charge in [-0.05, 0) is 64.7 Å². The summed E-state index contributed by atoms with van der Waals surface area (Å²) in [6.07, 6.45) is 50.1. The van der Waals surface area contributed by atoms with Gasteiger partial charge in [0.2, 0.25) is 11.8 Å². The van der Waals surface area contributed by atoms with Gasteiger partial charge in [-0.3, -0.25) is 33.3 Å². The highest BCUT2D eigenvalue weighted by Gasteiger charge is 2.53. The molecule has 23 heteroatoms. The Balaban J connectivity index is 2.56. The molecule has 0 radical (unpaired) electrons. The van der Waals surface area contributed by atoms with E-state index in [4.69, 9.17) is 37.7 Å². The van der Waals surface area contributed by atoms with Crippen molar-refractivity contribution in [2.24, 2.45) is 0 Å². The molecule has 10 unspecified atom stereocenters. The van der Waals surface area contributed by atoms with E-state index in [1.165, 1.54) is 173 Å². The summed E-state index contributed by atoms with van der Waals surface area (Å²) in [5.41, 5.74) is 0. The number of ether oxygens (including phenoxy) is 7. The van der Waals surface area contributed by atoms with Crippen LogP contribution in [0.25, 0.3) is 0 Å². The van der Waals surface area contributed by atoms with E-state index in [0.29, 0.717) is 51.4 Å². The number of unbranched alkanes of at least 4 members (excludes halogenated alkanes) is 54. The summed E-state index contributed by atoms with van der Waals surface area (Å²) in [6.45, 7) is 13.3. The number of phosphoric ester groups is 1. The Morgan fingerprint density at radius 1 is 0.342 bits per heavy atom. The van der Waals surface area contributed by atoms with E-state index in [2.05, 4.69) is 52.2 Å². The summed E-state index contributed by atoms with van der Waals surface area (Å²) < 4.78 is 62.3. The van der Waals surface area contributed by atoms with Crippen LogP contribution in [0.3, 0.4) is 0 Å². The summed E-state index contributed by atoms with van der Waals surface area (Å²) in [6, 6.07) is -2.87. The Labute approximate surface area is 730 Å². The molecule has 0 aromatic heterocycles. The molecule has 0 spiro atoms. The molecule has 0 aliphatic carbocycles. The normalized spacial score (nSPS) is 20.2. The summed E-state index contributed by atoms with van der Waals surface area (Å²) in [5.74, 6) is -3.52. The Bertz CT molecular complexity index is 2510. The Morgan fingerprint density at radius 2 is 0.617 bits per heavy atom. The van der Waals surface area contributed by atoms with Crippen LogP contribution in [0, 0.1) is 0 Å². The number of esters is 4. The monoisotopic (exact) mass is 1730 g/mol. The highest BCUT2D eigenvalue weighted by Crippen LogP contribution is 2.43. The zero-order valence-electron chi connectivity index (χ0n) is 77.5. The first-order chi connectivity index (χ1) is 58.2. The average Bonchev–Trinajstić information content (AvgIpc) is 0.777. The quantitative estimate of drug-likeness (QED) is 0.0129. The van der Waals surface area contributed by atoms with Gasteiger partial charge in [0.25, 0.3) is 0 Å². The Kier molecular flexibility index (Phi) is 72.2. The van der Waals surface area contributed by atoms with E-state index in [1.54, 1.807) is 6.92 Å². The van der Waals surface area contributed by atoms with Gasteiger partial charge in [-0.25, -0.2) is 4.57 Å². The van der Waals surface area contributed by atoms with E-state index in [9.17, 15) is 53.6 Å². The number of carbonyl (C=O) groups excluding carboxylic acids is 6. The molecule has 2 amide bonds. The van der Waals surface area contributed by atoms with Crippen molar-refractivity contribution in [1.29, 1.82) is 0 Å². The first-order valence-corrected chi connectivity index (χ1v) is 51.8. The largest absolute Gasteiger partial charge is 0.470 e. The molecule has 2 saturated heterocycles. The number of hydrogen-bond acceptors (Lipinski definition) is 18. The molecular weight excluding hydrogens is 1540 g/mol. The van der Waals surface area contributed by atoms with Crippen molar-refractivity contribution in [3.8, 4) is 0 Å². The fraction of sp³-hybridized carbons (Fsp3) is 0.938. The van der Waals surface area contributed by atoms with Crippen LogP contribution in [0.4, 0.5) is 0 Å². The highest BCUT2D eigenvalue weighted by atomic mass is 31.2. The SMILES string of the molecule is CCCCCCCCCCCCCCCC(=O)O[C@H](CCCCCCCCCCC)CC(=O)NC1C(C)OC(COC2OC(CO)C(OP(=O)(O)O)C(OC(=O)C[C@@H](CCCCCCCCCCC)OC(=O)CCCCCCCCCCCCC)C2NC(=O)C[C@@H](CCCCCCCCCCC)OC(=O)CCCCCCCCCCC)C(O)C1O. The second-order valence-electron chi connectivity index (χ2n) is 35.8. The number of aliphatic hydroxyl groups excluding tert-OH is 3. The third-order valence-corrected chi connectivity index (χ3v) is 24.9. The van der Waals surface area contributed by atoms with Crippen LogP contribution in [-0.2, 0) is 71.0 Å². The van der Waals surface area contributed by atoms with Crippen LogP contribution in [0.1, 0.15) is 492 Å². The second kappa shape index (κ2) is 76.9. The Hall–Kier alpha value is -3.31. The lowest BCUT2D eigenvalue weighted by Crippen LogP contribution is -2.67. The maximum Gasteiger partial charge on any atom is 0.470 e. The number of rotatable bonds is 84. The highest BCUT2D eigenvalue weighted by molar-refractivity contribution is 7.46. The minimum Gasteiger partial charge on any atom is -0.462 e. The van der Waals surface area contributed by atoms with Crippen LogP contribution in [0.2, 0.25) is 0 Å². The molecule has 2 fully saturated rings.